The third-order valence-corrected chi connectivity index (χ3v) is 5.48. The molecule has 1 aromatic rings. The second kappa shape index (κ2) is 7.85. The van der Waals surface area contributed by atoms with Gasteiger partial charge in [0, 0.05) is 25.3 Å². The number of H-pyrrole nitrogens is 1. The number of nitrogens with one attached hydrogen (secondary N) is 1. The molecule has 148 valence electrons. The lowest BCUT2D eigenvalue weighted by Gasteiger charge is -2.29. The Morgan fingerprint density at radius 1 is 1.38 bits per heavy atom. The molecule has 1 aliphatic heterocycles. The average Bonchev–Trinajstić information content (AvgIpc) is 2.88. The van der Waals surface area contributed by atoms with E-state index in [2.05, 4.69) is 13.8 Å². The molecule has 0 radical (unpaired) electrons. The van der Waals surface area contributed by atoms with Gasteiger partial charge in [-0.1, -0.05) is 0 Å². The SMILES string of the molecule is CCOC1(COP(=O)(O)OP(=O)(O)O)CCC(n2ccc(=O)[nH]c2=O)O1. The molecule has 1 saturated heterocycles. The first-order valence-corrected chi connectivity index (χ1v) is 10.4. The zero-order valence-electron chi connectivity index (χ0n) is 13.5. The number of nitrogens with zero attached hydrogens (tertiary/aromatic N) is 1. The summed E-state index contributed by atoms with van der Waals surface area (Å²) >= 11 is 0. The van der Waals surface area contributed by atoms with Crippen LogP contribution in [-0.2, 0) is 27.4 Å². The molecule has 3 atom stereocenters. The van der Waals surface area contributed by atoms with Gasteiger partial charge in [-0.15, -0.1) is 0 Å². The molecule has 3 unspecified atom stereocenters. The van der Waals surface area contributed by atoms with Crippen LogP contribution >= 0.6 is 15.6 Å². The number of phosphoric acid groups is 2. The lowest BCUT2D eigenvalue weighted by atomic mass is 10.2. The maximum atomic E-state index is 11.8. The number of ether oxygens (including phenoxy) is 2. The monoisotopic (exact) mass is 416 g/mol. The van der Waals surface area contributed by atoms with Crippen LogP contribution in [0.5, 0.6) is 0 Å². The second-order valence-corrected chi connectivity index (χ2v) is 8.12. The fraction of sp³-hybridized carbons (Fsp3) is 0.636. The van der Waals surface area contributed by atoms with Crippen LogP contribution in [0.4, 0.5) is 0 Å². The topological polar surface area (TPSA) is 187 Å². The predicted octanol–water partition coefficient (Wildman–Crippen LogP) is -0.195. The zero-order chi connectivity index (χ0) is 19.6. The molecular weight excluding hydrogens is 398 g/mol. The van der Waals surface area contributed by atoms with Crippen LogP contribution in [0, 0.1) is 0 Å². The minimum atomic E-state index is -5.26. The molecule has 1 aliphatic rings. The van der Waals surface area contributed by atoms with E-state index in [4.69, 9.17) is 19.3 Å². The van der Waals surface area contributed by atoms with Crippen molar-refractivity contribution in [3.8, 4) is 0 Å². The van der Waals surface area contributed by atoms with E-state index in [9.17, 15) is 23.6 Å². The molecule has 1 aromatic heterocycles. The molecule has 0 amide bonds. The summed E-state index contributed by atoms with van der Waals surface area (Å²) < 4.78 is 42.7. The van der Waals surface area contributed by atoms with Gasteiger partial charge < -0.3 is 24.2 Å². The van der Waals surface area contributed by atoms with E-state index in [-0.39, 0.29) is 19.4 Å². The summed E-state index contributed by atoms with van der Waals surface area (Å²) in [6, 6.07) is 1.12. The summed E-state index contributed by atoms with van der Waals surface area (Å²) in [4.78, 5) is 51.6. The van der Waals surface area contributed by atoms with Crippen molar-refractivity contribution in [2.45, 2.75) is 31.8 Å². The van der Waals surface area contributed by atoms with Crippen LogP contribution in [0.25, 0.3) is 0 Å². The molecule has 15 heteroatoms. The minimum Gasteiger partial charge on any atom is -0.348 e. The van der Waals surface area contributed by atoms with Gasteiger partial charge in [0.15, 0.2) is 5.79 Å². The molecule has 1 fully saturated rings. The van der Waals surface area contributed by atoms with Gasteiger partial charge >= 0.3 is 21.3 Å². The van der Waals surface area contributed by atoms with Crippen LogP contribution in [0.15, 0.2) is 21.9 Å². The Balaban J connectivity index is 2.13. The van der Waals surface area contributed by atoms with E-state index in [1.165, 1.54) is 6.20 Å². The summed E-state index contributed by atoms with van der Waals surface area (Å²) in [5.74, 6) is -1.55. The molecule has 13 nitrogen and oxygen atoms in total. The first-order chi connectivity index (χ1) is 12.0. The number of rotatable bonds is 8. The van der Waals surface area contributed by atoms with Gasteiger partial charge in [0.2, 0.25) is 0 Å². The fourth-order valence-electron chi connectivity index (χ4n) is 2.41. The predicted molar refractivity (Wildman–Crippen MR) is 83.9 cm³/mol. The maximum absolute atomic E-state index is 11.8. The summed E-state index contributed by atoms with van der Waals surface area (Å²) in [5, 5.41) is 0. The summed E-state index contributed by atoms with van der Waals surface area (Å²) in [6.45, 7) is 1.05. The third kappa shape index (κ3) is 5.68. The van der Waals surface area contributed by atoms with Crippen molar-refractivity contribution in [3.05, 3.63) is 33.1 Å². The molecule has 0 saturated carbocycles. The minimum absolute atomic E-state index is 0.117. The Bertz CT molecular complexity index is 845. The Hall–Kier alpha value is -1.14. The van der Waals surface area contributed by atoms with Gasteiger partial charge in [0.05, 0.1) is 0 Å². The first-order valence-electron chi connectivity index (χ1n) is 7.33. The van der Waals surface area contributed by atoms with Crippen LogP contribution in [0.2, 0.25) is 0 Å². The van der Waals surface area contributed by atoms with Crippen LogP contribution in [-0.4, -0.2) is 43.2 Å². The number of phosphoric ester groups is 1. The van der Waals surface area contributed by atoms with E-state index < -0.39 is 45.5 Å². The maximum Gasteiger partial charge on any atom is 0.481 e. The fourth-order valence-corrected chi connectivity index (χ4v) is 4.04. The molecule has 0 aliphatic carbocycles. The molecule has 2 rings (SSSR count). The van der Waals surface area contributed by atoms with E-state index in [0.29, 0.717) is 0 Å². The van der Waals surface area contributed by atoms with Gasteiger partial charge in [-0.05, 0) is 13.3 Å². The van der Waals surface area contributed by atoms with Crippen molar-refractivity contribution in [2.75, 3.05) is 13.2 Å². The van der Waals surface area contributed by atoms with Crippen LogP contribution in [0.1, 0.15) is 26.0 Å². The van der Waals surface area contributed by atoms with Gasteiger partial charge in [-0.2, -0.15) is 4.31 Å². The molecular formula is C11H18N2O11P2. The van der Waals surface area contributed by atoms with Gasteiger partial charge in [0.25, 0.3) is 5.56 Å². The highest BCUT2D eigenvalue weighted by atomic mass is 31.3. The van der Waals surface area contributed by atoms with E-state index >= 15 is 0 Å². The third-order valence-electron chi connectivity index (χ3n) is 3.35. The van der Waals surface area contributed by atoms with Crippen molar-refractivity contribution in [2.24, 2.45) is 0 Å². The Morgan fingerprint density at radius 3 is 2.65 bits per heavy atom. The van der Waals surface area contributed by atoms with Crippen molar-refractivity contribution in [1.29, 1.82) is 0 Å². The van der Waals surface area contributed by atoms with E-state index in [0.717, 1.165) is 10.6 Å². The van der Waals surface area contributed by atoms with Crippen molar-refractivity contribution < 1.29 is 42.1 Å². The van der Waals surface area contributed by atoms with Crippen molar-refractivity contribution >= 4 is 15.6 Å². The van der Waals surface area contributed by atoms with Gasteiger partial charge in [-0.25, -0.2) is 13.9 Å². The van der Waals surface area contributed by atoms with Crippen LogP contribution < -0.4 is 11.2 Å². The number of hydrogen-bond donors (Lipinski definition) is 4. The largest absolute Gasteiger partial charge is 0.481 e. The first kappa shape index (κ1) is 21.2. The highest BCUT2D eigenvalue weighted by molar-refractivity contribution is 7.60. The Morgan fingerprint density at radius 2 is 2.08 bits per heavy atom. The van der Waals surface area contributed by atoms with E-state index in [1.54, 1.807) is 6.92 Å². The molecule has 0 spiro atoms. The van der Waals surface area contributed by atoms with Crippen molar-refractivity contribution in [3.63, 3.8) is 0 Å². The Labute approximate surface area is 146 Å². The second-order valence-electron chi connectivity index (χ2n) is 5.29. The zero-order valence-corrected chi connectivity index (χ0v) is 15.3. The van der Waals surface area contributed by atoms with Crippen molar-refractivity contribution in [1.82, 2.24) is 9.55 Å². The quantitative estimate of drug-likeness (QED) is 0.411. The number of aromatic nitrogens is 2. The molecule has 2 heterocycles. The smallest absolute Gasteiger partial charge is 0.348 e. The summed E-state index contributed by atoms with van der Waals surface area (Å²) in [5.41, 5.74) is -1.30. The normalized spacial score (nSPS) is 25.9. The summed E-state index contributed by atoms with van der Waals surface area (Å²) in [6.07, 6.45) is 0.746. The lowest BCUT2D eigenvalue weighted by Crippen LogP contribution is -2.39. The van der Waals surface area contributed by atoms with Gasteiger partial charge in [0.1, 0.15) is 12.8 Å². The Kier molecular flexibility index (Phi) is 6.39. The number of aromatic amines is 1. The standard InChI is InChI=1S/C11H18N2O11P2/c1-2-21-11(7-22-26(19,20)24-25(16,17)18)5-3-9(23-11)13-6-4-8(14)12-10(13)15/h4,6,9H,2-3,5,7H2,1H3,(H,19,20)(H,12,14,15)(H2,16,17,18). The highest BCUT2D eigenvalue weighted by Crippen LogP contribution is 2.58. The number of hydrogen-bond acceptors (Lipinski definition) is 8. The highest BCUT2D eigenvalue weighted by Gasteiger charge is 2.45. The summed E-state index contributed by atoms with van der Waals surface area (Å²) in [7, 11) is -10.3. The van der Waals surface area contributed by atoms with E-state index in [1.807, 2.05) is 0 Å². The molecule has 4 N–H and O–H groups in total. The average molecular weight is 416 g/mol. The van der Waals surface area contributed by atoms with Crippen LogP contribution in [0.3, 0.4) is 0 Å². The molecule has 0 aromatic carbocycles. The van der Waals surface area contributed by atoms with Gasteiger partial charge in [-0.3, -0.25) is 18.9 Å². The molecule has 0 bridgehead atoms. The lowest BCUT2D eigenvalue weighted by molar-refractivity contribution is -0.251. The molecule has 26 heavy (non-hydrogen) atoms.